The number of rotatable bonds is 16. The molecule has 0 fully saturated rings. The van der Waals surface area contributed by atoms with E-state index in [1.807, 2.05) is 36.4 Å². The second-order valence-electron chi connectivity index (χ2n) is 13.2. The third kappa shape index (κ3) is 10.3. The maximum Gasteiger partial charge on any atom is 0.220 e. The molecule has 0 saturated carbocycles. The maximum atomic E-state index is 12.7. The van der Waals surface area contributed by atoms with Crippen LogP contribution in [0.2, 0.25) is 18.1 Å². The highest BCUT2D eigenvalue weighted by Crippen LogP contribution is 2.40. The van der Waals surface area contributed by atoms with E-state index in [9.17, 15) is 15.0 Å². The van der Waals surface area contributed by atoms with Crippen molar-refractivity contribution in [2.75, 3.05) is 20.8 Å². The first-order valence-corrected chi connectivity index (χ1v) is 18.6. The number of aliphatic hydroxyl groups is 1. The number of methoxy groups -OCH3 is 2. The zero-order valence-corrected chi connectivity index (χ0v) is 29.2. The molecule has 0 aromatic heterocycles. The number of amides is 1. The van der Waals surface area contributed by atoms with Crippen LogP contribution in [0.1, 0.15) is 68.0 Å². The second kappa shape index (κ2) is 16.3. The molecular weight excluding hydrogens is 584 g/mol. The van der Waals surface area contributed by atoms with Gasteiger partial charge < -0.3 is 34.7 Å². The van der Waals surface area contributed by atoms with Crippen molar-refractivity contribution < 1.29 is 28.9 Å². The van der Waals surface area contributed by atoms with E-state index >= 15 is 0 Å². The molecule has 0 saturated heterocycles. The van der Waals surface area contributed by atoms with E-state index in [-0.39, 0.29) is 35.4 Å². The minimum Gasteiger partial charge on any atom is -0.508 e. The van der Waals surface area contributed by atoms with E-state index in [1.54, 1.807) is 20.3 Å². The molecule has 0 unspecified atom stereocenters. The summed E-state index contributed by atoms with van der Waals surface area (Å²) >= 11 is 0. The molecular formula is C36H52N2O6Si. The van der Waals surface area contributed by atoms with Crippen LogP contribution < -0.4 is 20.1 Å². The number of phenols is 1. The number of aromatic hydroxyl groups is 1. The summed E-state index contributed by atoms with van der Waals surface area (Å²) in [4.78, 5) is 12.7. The van der Waals surface area contributed by atoms with E-state index in [0.717, 1.165) is 23.1 Å². The molecule has 0 spiro atoms. The van der Waals surface area contributed by atoms with Crippen molar-refractivity contribution in [3.05, 3.63) is 88.5 Å². The Labute approximate surface area is 270 Å². The summed E-state index contributed by atoms with van der Waals surface area (Å²) in [6, 6.07) is 19.5. The monoisotopic (exact) mass is 636 g/mol. The van der Waals surface area contributed by atoms with Gasteiger partial charge in [-0.25, -0.2) is 0 Å². The highest BCUT2D eigenvalue weighted by Gasteiger charge is 2.39. The Morgan fingerprint density at radius 1 is 0.956 bits per heavy atom. The standard InChI is InChI=1S/C36H52N2O6Si/c1-25(37-23-34(44-45(7,8)36(2,3)4)28-16-17-31(40)29(21-28)24-39)19-27-12-9-11-26(20-27)15-18-35(41)38-22-30-32(42-5)13-10-14-33(30)43-6/h9-14,16-17,20-21,25,34,37,39-40H,15,18-19,22-24H2,1-8H3,(H,38,41)/t25-,34-/m1/s1. The Morgan fingerprint density at radius 3 is 2.22 bits per heavy atom. The fourth-order valence-electron chi connectivity index (χ4n) is 4.97. The third-order valence-corrected chi connectivity index (χ3v) is 13.2. The molecule has 246 valence electrons. The van der Waals surface area contributed by atoms with Crippen LogP contribution in [0.15, 0.2) is 60.7 Å². The van der Waals surface area contributed by atoms with E-state index in [2.05, 4.69) is 69.6 Å². The molecule has 3 aromatic carbocycles. The van der Waals surface area contributed by atoms with Gasteiger partial charge in [0, 0.05) is 24.6 Å². The summed E-state index contributed by atoms with van der Waals surface area (Å²) < 4.78 is 17.7. The summed E-state index contributed by atoms with van der Waals surface area (Å²) in [6.45, 7) is 14.0. The number of ether oxygens (including phenoxy) is 2. The van der Waals surface area contributed by atoms with Crippen molar-refractivity contribution >= 4 is 14.2 Å². The number of aliphatic hydroxyl groups excluding tert-OH is 1. The predicted molar refractivity (Wildman–Crippen MR) is 182 cm³/mol. The van der Waals surface area contributed by atoms with Crippen LogP contribution in [-0.2, 0) is 35.2 Å². The van der Waals surface area contributed by atoms with Crippen LogP contribution in [0.3, 0.4) is 0 Å². The SMILES string of the molecule is COc1cccc(OC)c1CNC(=O)CCc1cccc(C[C@@H](C)NC[C@@H](O[Si](C)(C)C(C)(C)C)c2ccc(O)c(CO)c2)c1. The molecule has 45 heavy (non-hydrogen) atoms. The molecule has 3 rings (SSSR count). The van der Waals surface area contributed by atoms with Gasteiger partial charge in [0.15, 0.2) is 8.32 Å². The zero-order valence-electron chi connectivity index (χ0n) is 28.2. The van der Waals surface area contributed by atoms with Crippen molar-refractivity contribution in [2.45, 2.75) is 90.4 Å². The number of carbonyl (C=O) groups is 1. The first kappa shape index (κ1) is 36.1. The van der Waals surface area contributed by atoms with Gasteiger partial charge in [-0.15, -0.1) is 0 Å². The molecule has 0 bridgehead atoms. The topological polar surface area (TPSA) is 109 Å². The lowest BCUT2D eigenvalue weighted by molar-refractivity contribution is -0.121. The highest BCUT2D eigenvalue weighted by molar-refractivity contribution is 6.74. The lowest BCUT2D eigenvalue weighted by Gasteiger charge is -2.40. The van der Waals surface area contributed by atoms with Crippen molar-refractivity contribution in [1.82, 2.24) is 10.6 Å². The van der Waals surface area contributed by atoms with Crippen LogP contribution in [0, 0.1) is 0 Å². The molecule has 0 heterocycles. The van der Waals surface area contributed by atoms with Crippen LogP contribution in [0.4, 0.5) is 0 Å². The summed E-state index contributed by atoms with van der Waals surface area (Å²) in [5, 5.41) is 26.6. The molecule has 0 radical (unpaired) electrons. The van der Waals surface area contributed by atoms with Gasteiger partial charge in [-0.05, 0) is 78.9 Å². The van der Waals surface area contributed by atoms with Gasteiger partial charge in [0.1, 0.15) is 17.2 Å². The molecule has 0 aliphatic rings. The van der Waals surface area contributed by atoms with Gasteiger partial charge in [0.2, 0.25) is 5.91 Å². The average Bonchev–Trinajstić information content (AvgIpc) is 3.00. The number of benzene rings is 3. The highest BCUT2D eigenvalue weighted by atomic mass is 28.4. The quantitative estimate of drug-likeness (QED) is 0.134. The van der Waals surface area contributed by atoms with Crippen molar-refractivity contribution in [1.29, 1.82) is 0 Å². The van der Waals surface area contributed by atoms with Crippen molar-refractivity contribution in [2.24, 2.45) is 0 Å². The Bertz CT molecular complexity index is 1380. The first-order chi connectivity index (χ1) is 21.3. The molecule has 4 N–H and O–H groups in total. The van der Waals surface area contributed by atoms with E-state index in [4.69, 9.17) is 13.9 Å². The van der Waals surface area contributed by atoms with E-state index < -0.39 is 8.32 Å². The van der Waals surface area contributed by atoms with Gasteiger partial charge in [0.05, 0.1) is 39.0 Å². The van der Waals surface area contributed by atoms with Gasteiger partial charge >= 0.3 is 0 Å². The number of aryl methyl sites for hydroxylation is 1. The minimum atomic E-state index is -2.11. The Kier molecular flexibility index (Phi) is 13.0. The molecule has 3 aromatic rings. The largest absolute Gasteiger partial charge is 0.508 e. The zero-order chi connectivity index (χ0) is 33.2. The molecule has 8 nitrogen and oxygen atoms in total. The molecule has 9 heteroatoms. The smallest absolute Gasteiger partial charge is 0.220 e. The van der Waals surface area contributed by atoms with E-state index in [0.29, 0.717) is 43.0 Å². The van der Waals surface area contributed by atoms with Gasteiger partial charge in [-0.1, -0.05) is 57.2 Å². The molecule has 1 amide bonds. The summed E-state index contributed by atoms with van der Waals surface area (Å²) in [6.07, 6.45) is 1.61. The second-order valence-corrected chi connectivity index (χ2v) is 17.9. The number of hydrogen-bond donors (Lipinski definition) is 4. The van der Waals surface area contributed by atoms with Crippen LogP contribution in [0.25, 0.3) is 0 Å². The summed E-state index contributed by atoms with van der Waals surface area (Å²) in [7, 11) is 1.10. The number of carbonyl (C=O) groups excluding carboxylic acids is 1. The first-order valence-electron chi connectivity index (χ1n) is 15.7. The Hall–Kier alpha value is -3.37. The lowest BCUT2D eigenvalue weighted by atomic mass is 10.0. The van der Waals surface area contributed by atoms with Crippen LogP contribution in [0.5, 0.6) is 17.2 Å². The third-order valence-electron chi connectivity index (χ3n) is 8.71. The van der Waals surface area contributed by atoms with Gasteiger partial charge in [-0.3, -0.25) is 4.79 Å². The average molecular weight is 637 g/mol. The number of hydrogen-bond acceptors (Lipinski definition) is 7. The minimum absolute atomic E-state index is 0.0326. The van der Waals surface area contributed by atoms with Crippen LogP contribution >= 0.6 is 0 Å². The molecule has 2 atom stereocenters. The summed E-state index contributed by atoms with van der Waals surface area (Å²) in [5.74, 6) is 1.42. The molecule has 0 aliphatic carbocycles. The fourth-order valence-corrected chi connectivity index (χ4v) is 6.26. The van der Waals surface area contributed by atoms with Crippen molar-refractivity contribution in [3.63, 3.8) is 0 Å². The van der Waals surface area contributed by atoms with E-state index in [1.165, 1.54) is 5.56 Å². The lowest BCUT2D eigenvalue weighted by Crippen LogP contribution is -2.44. The fraction of sp³-hybridized carbons (Fsp3) is 0.472. The normalized spacial score (nSPS) is 13.3. The molecule has 0 aliphatic heterocycles. The van der Waals surface area contributed by atoms with Gasteiger partial charge in [-0.2, -0.15) is 0 Å². The van der Waals surface area contributed by atoms with Gasteiger partial charge in [0.25, 0.3) is 0 Å². The summed E-state index contributed by atoms with van der Waals surface area (Å²) in [5.41, 5.74) is 4.56. The Morgan fingerprint density at radius 2 is 1.60 bits per heavy atom. The number of nitrogens with one attached hydrogen (secondary N) is 2. The Balaban J connectivity index is 1.59. The predicted octanol–water partition coefficient (Wildman–Crippen LogP) is 6.43. The van der Waals surface area contributed by atoms with Crippen LogP contribution in [-0.4, -0.2) is 51.2 Å². The van der Waals surface area contributed by atoms with Crippen molar-refractivity contribution in [3.8, 4) is 17.2 Å². The maximum absolute atomic E-state index is 12.7.